The van der Waals surface area contributed by atoms with Crippen LogP contribution in [0.15, 0.2) is 54.6 Å². The number of fused-ring (bicyclic) bond motifs is 1. The van der Waals surface area contributed by atoms with Gasteiger partial charge in [-0.25, -0.2) is 9.37 Å². The van der Waals surface area contributed by atoms with Crippen molar-refractivity contribution in [1.29, 1.82) is 0 Å². The van der Waals surface area contributed by atoms with E-state index in [0.29, 0.717) is 46.8 Å². The van der Waals surface area contributed by atoms with Crippen molar-refractivity contribution in [2.45, 2.75) is 26.6 Å². The summed E-state index contributed by atoms with van der Waals surface area (Å²) in [5.41, 5.74) is 3.48. The molecule has 0 bridgehead atoms. The lowest BCUT2D eigenvalue weighted by Crippen LogP contribution is -2.14. The second-order valence-corrected chi connectivity index (χ2v) is 7.97. The lowest BCUT2D eigenvalue weighted by atomic mass is 10.2. The van der Waals surface area contributed by atoms with Crippen LogP contribution in [0.2, 0.25) is 10.0 Å². The Balaban J connectivity index is 1.43. The molecule has 0 aliphatic carbocycles. The Morgan fingerprint density at radius 3 is 2.50 bits per heavy atom. The molecular formula is C24H22Cl2FN3O2. The predicted molar refractivity (Wildman–Crippen MR) is 125 cm³/mol. The average molecular weight is 474 g/mol. The Kier molecular flexibility index (Phi) is 7.15. The molecule has 0 saturated heterocycles. The van der Waals surface area contributed by atoms with Crippen molar-refractivity contribution in [3.8, 4) is 11.5 Å². The molecule has 0 radical (unpaired) electrons. The monoisotopic (exact) mass is 473 g/mol. The molecule has 166 valence electrons. The minimum absolute atomic E-state index is 0.166. The van der Waals surface area contributed by atoms with Crippen molar-refractivity contribution < 1.29 is 13.9 Å². The van der Waals surface area contributed by atoms with E-state index in [1.807, 2.05) is 37.3 Å². The highest BCUT2D eigenvalue weighted by atomic mass is 35.5. The molecular weight excluding hydrogens is 452 g/mol. The summed E-state index contributed by atoms with van der Waals surface area (Å²) >= 11 is 12.6. The van der Waals surface area contributed by atoms with Crippen molar-refractivity contribution in [3.05, 3.63) is 87.4 Å². The molecule has 1 heterocycles. The van der Waals surface area contributed by atoms with Gasteiger partial charge < -0.3 is 19.8 Å². The van der Waals surface area contributed by atoms with Crippen LogP contribution in [-0.2, 0) is 19.7 Å². The molecule has 0 spiro atoms. The third-order valence-electron chi connectivity index (χ3n) is 4.86. The van der Waals surface area contributed by atoms with E-state index in [4.69, 9.17) is 32.7 Å². The van der Waals surface area contributed by atoms with Crippen LogP contribution in [0.25, 0.3) is 11.0 Å². The second-order valence-electron chi connectivity index (χ2n) is 7.15. The van der Waals surface area contributed by atoms with Gasteiger partial charge in [-0.3, -0.25) is 0 Å². The van der Waals surface area contributed by atoms with E-state index in [0.717, 1.165) is 22.4 Å². The molecule has 0 unspecified atom stereocenters. The summed E-state index contributed by atoms with van der Waals surface area (Å²) in [7, 11) is 0. The van der Waals surface area contributed by atoms with Crippen molar-refractivity contribution in [3.63, 3.8) is 0 Å². The third-order valence-corrected chi connectivity index (χ3v) is 5.56. The topological polar surface area (TPSA) is 59.2 Å². The van der Waals surface area contributed by atoms with Gasteiger partial charge in [0.1, 0.15) is 18.2 Å². The molecule has 0 atom stereocenters. The van der Waals surface area contributed by atoms with Crippen molar-refractivity contribution in [2.75, 3.05) is 6.61 Å². The standard InChI is InChI=1S/C24H22Cl2FN3O2/c1-2-31-22-9-16(12-28-13-24-29-20-5-3-4-6-21(20)30-24)19(26)11-23(22)32-14-15-7-8-17(27)10-18(15)25/h3-11,28H,2,12-14H2,1H3,(H,29,30). The first-order valence-electron chi connectivity index (χ1n) is 10.2. The SMILES string of the molecule is CCOc1cc(CNCc2nc3ccccc3[nH]2)c(Cl)cc1OCc1ccc(F)cc1Cl. The molecule has 0 aliphatic rings. The normalized spacial score (nSPS) is 11.1. The number of para-hydroxylation sites is 2. The zero-order chi connectivity index (χ0) is 22.5. The molecule has 3 aromatic carbocycles. The Labute approximate surface area is 195 Å². The first kappa shape index (κ1) is 22.4. The summed E-state index contributed by atoms with van der Waals surface area (Å²) < 4.78 is 24.9. The first-order chi connectivity index (χ1) is 15.5. The van der Waals surface area contributed by atoms with Crippen LogP contribution in [0, 0.1) is 5.82 Å². The number of hydrogen-bond acceptors (Lipinski definition) is 4. The van der Waals surface area contributed by atoms with E-state index in [2.05, 4.69) is 15.3 Å². The van der Waals surface area contributed by atoms with Crippen molar-refractivity contribution >= 4 is 34.2 Å². The fourth-order valence-electron chi connectivity index (χ4n) is 3.29. The number of benzene rings is 3. The molecule has 5 nitrogen and oxygen atoms in total. The van der Waals surface area contributed by atoms with E-state index >= 15 is 0 Å². The van der Waals surface area contributed by atoms with Crippen LogP contribution in [-0.4, -0.2) is 16.6 Å². The maximum Gasteiger partial charge on any atom is 0.163 e. The van der Waals surface area contributed by atoms with Crippen molar-refractivity contribution in [2.24, 2.45) is 0 Å². The van der Waals surface area contributed by atoms with Crippen LogP contribution in [0.5, 0.6) is 11.5 Å². The van der Waals surface area contributed by atoms with E-state index in [9.17, 15) is 4.39 Å². The van der Waals surface area contributed by atoms with Crippen molar-refractivity contribution in [1.82, 2.24) is 15.3 Å². The van der Waals surface area contributed by atoms with Gasteiger partial charge in [0.05, 0.1) is 29.2 Å². The summed E-state index contributed by atoms with van der Waals surface area (Å²) in [6.07, 6.45) is 0. The number of nitrogens with one attached hydrogen (secondary N) is 2. The summed E-state index contributed by atoms with van der Waals surface area (Å²) in [4.78, 5) is 7.86. The summed E-state index contributed by atoms with van der Waals surface area (Å²) in [6, 6.07) is 15.7. The van der Waals surface area contributed by atoms with E-state index in [-0.39, 0.29) is 6.61 Å². The molecule has 4 rings (SSSR count). The molecule has 0 saturated carbocycles. The Morgan fingerprint density at radius 1 is 0.938 bits per heavy atom. The van der Waals surface area contributed by atoms with Gasteiger partial charge in [0.25, 0.3) is 0 Å². The predicted octanol–water partition coefficient (Wildman–Crippen LogP) is 6.28. The highest BCUT2D eigenvalue weighted by molar-refractivity contribution is 6.31. The smallest absolute Gasteiger partial charge is 0.163 e. The number of aromatic amines is 1. The summed E-state index contributed by atoms with van der Waals surface area (Å²) in [6.45, 7) is 3.63. The fraction of sp³-hybridized carbons (Fsp3) is 0.208. The molecule has 0 aliphatic heterocycles. The lowest BCUT2D eigenvalue weighted by Gasteiger charge is -2.15. The van der Waals surface area contributed by atoms with Gasteiger partial charge in [-0.15, -0.1) is 0 Å². The van der Waals surface area contributed by atoms with E-state index < -0.39 is 5.82 Å². The second kappa shape index (κ2) is 10.2. The van der Waals surface area contributed by atoms with Gasteiger partial charge in [-0.1, -0.05) is 41.4 Å². The molecule has 8 heteroatoms. The summed E-state index contributed by atoms with van der Waals surface area (Å²) in [5, 5.41) is 4.20. The van der Waals surface area contributed by atoms with Crippen LogP contribution in [0.1, 0.15) is 23.9 Å². The first-order valence-corrected chi connectivity index (χ1v) is 11.0. The maximum atomic E-state index is 13.3. The zero-order valence-electron chi connectivity index (χ0n) is 17.4. The van der Waals surface area contributed by atoms with Gasteiger partial charge in [0.2, 0.25) is 0 Å². The molecule has 1 aromatic heterocycles. The number of hydrogen-bond donors (Lipinski definition) is 2. The highest BCUT2D eigenvalue weighted by Crippen LogP contribution is 2.34. The van der Waals surface area contributed by atoms with Gasteiger partial charge in [-0.2, -0.15) is 0 Å². The van der Waals surface area contributed by atoms with Gasteiger partial charge in [0.15, 0.2) is 11.5 Å². The number of halogens is 3. The quantitative estimate of drug-likeness (QED) is 0.300. The van der Waals surface area contributed by atoms with E-state index in [1.165, 1.54) is 12.1 Å². The molecule has 4 aromatic rings. The lowest BCUT2D eigenvalue weighted by molar-refractivity contribution is 0.269. The Bertz CT molecular complexity index is 1200. The van der Waals surface area contributed by atoms with Crippen LogP contribution in [0.4, 0.5) is 4.39 Å². The zero-order valence-corrected chi connectivity index (χ0v) is 18.9. The minimum atomic E-state index is -0.392. The largest absolute Gasteiger partial charge is 0.490 e. The number of imidazole rings is 1. The average Bonchev–Trinajstić information content (AvgIpc) is 3.18. The van der Waals surface area contributed by atoms with Gasteiger partial charge >= 0.3 is 0 Å². The number of rotatable bonds is 9. The maximum absolute atomic E-state index is 13.3. The molecule has 2 N–H and O–H groups in total. The minimum Gasteiger partial charge on any atom is -0.490 e. The highest BCUT2D eigenvalue weighted by Gasteiger charge is 2.13. The fourth-order valence-corrected chi connectivity index (χ4v) is 3.74. The Morgan fingerprint density at radius 2 is 1.72 bits per heavy atom. The van der Waals surface area contributed by atoms with Gasteiger partial charge in [0, 0.05) is 23.2 Å². The Hall–Kier alpha value is -2.80. The van der Waals surface area contributed by atoms with Crippen LogP contribution >= 0.6 is 23.2 Å². The van der Waals surface area contributed by atoms with Crippen LogP contribution < -0.4 is 14.8 Å². The van der Waals surface area contributed by atoms with Gasteiger partial charge in [-0.05, 0) is 42.8 Å². The third kappa shape index (κ3) is 5.33. The number of aromatic nitrogens is 2. The van der Waals surface area contributed by atoms with E-state index in [1.54, 1.807) is 12.1 Å². The molecule has 0 fully saturated rings. The number of nitrogens with zero attached hydrogens (tertiary/aromatic N) is 1. The van der Waals surface area contributed by atoms with Crippen LogP contribution in [0.3, 0.4) is 0 Å². The number of ether oxygens (including phenoxy) is 2. The summed E-state index contributed by atoms with van der Waals surface area (Å²) in [5.74, 6) is 1.54. The molecule has 32 heavy (non-hydrogen) atoms. The number of H-pyrrole nitrogens is 1. The molecule has 0 amide bonds.